The number of anilines is 1. The molecule has 0 aliphatic carbocycles. The minimum absolute atomic E-state index is 0.00321. The standard InChI is InChI=1S/C19H10ClF5N2O3/c1-6-4-27-5-7(18(28)10-8(20)2-3-9(30-6)17(10)27)19(29)26-16-14(24)12(22)11(21)13(23)15(16)25/h2-3,5-6H,4H2,1H3,(H,26,29). The second-order valence-electron chi connectivity index (χ2n) is 6.62. The number of benzene rings is 2. The molecule has 11 heteroatoms. The van der Waals surface area contributed by atoms with Crippen LogP contribution in [0, 0.1) is 29.1 Å². The summed E-state index contributed by atoms with van der Waals surface area (Å²) in [5.41, 5.74) is -2.74. The number of amides is 1. The van der Waals surface area contributed by atoms with Gasteiger partial charge in [0.1, 0.15) is 23.1 Å². The van der Waals surface area contributed by atoms with Crippen molar-refractivity contribution in [1.82, 2.24) is 4.57 Å². The first-order valence-electron chi connectivity index (χ1n) is 8.46. The zero-order valence-corrected chi connectivity index (χ0v) is 15.7. The van der Waals surface area contributed by atoms with Crippen LogP contribution in [0.2, 0.25) is 5.02 Å². The lowest BCUT2D eigenvalue weighted by Crippen LogP contribution is -2.30. The number of aromatic nitrogens is 1. The second-order valence-corrected chi connectivity index (χ2v) is 7.03. The van der Waals surface area contributed by atoms with Crippen LogP contribution in [0.3, 0.4) is 0 Å². The largest absolute Gasteiger partial charge is 0.487 e. The molecule has 5 nitrogen and oxygen atoms in total. The Kier molecular flexibility index (Phi) is 4.69. The van der Waals surface area contributed by atoms with Gasteiger partial charge in [-0.25, -0.2) is 22.0 Å². The van der Waals surface area contributed by atoms with Crippen LogP contribution in [0.25, 0.3) is 10.9 Å². The van der Waals surface area contributed by atoms with Crippen molar-refractivity contribution >= 4 is 34.1 Å². The number of nitrogens with zero attached hydrogens (tertiary/aromatic N) is 1. The molecule has 4 rings (SSSR count). The van der Waals surface area contributed by atoms with E-state index in [9.17, 15) is 31.5 Å². The third kappa shape index (κ3) is 2.90. The summed E-state index contributed by atoms with van der Waals surface area (Å²) in [6, 6.07) is 2.93. The molecule has 3 aromatic rings. The predicted octanol–water partition coefficient (Wildman–Crippen LogP) is 4.38. The van der Waals surface area contributed by atoms with Gasteiger partial charge in [-0.3, -0.25) is 9.59 Å². The van der Waals surface area contributed by atoms with Crippen molar-refractivity contribution in [3.8, 4) is 5.75 Å². The molecule has 1 aromatic heterocycles. The Hall–Kier alpha value is -3.14. The van der Waals surface area contributed by atoms with Gasteiger partial charge in [0.05, 0.1) is 22.5 Å². The zero-order valence-electron chi connectivity index (χ0n) is 15.0. The molecule has 1 N–H and O–H groups in total. The van der Waals surface area contributed by atoms with Gasteiger partial charge in [0.25, 0.3) is 5.91 Å². The van der Waals surface area contributed by atoms with E-state index in [0.29, 0.717) is 11.3 Å². The van der Waals surface area contributed by atoms with Crippen LogP contribution in [0.15, 0.2) is 23.1 Å². The minimum atomic E-state index is -2.37. The highest BCUT2D eigenvalue weighted by molar-refractivity contribution is 6.35. The number of halogens is 6. The molecular formula is C19H10ClF5N2O3. The van der Waals surface area contributed by atoms with Crippen molar-refractivity contribution in [1.29, 1.82) is 0 Å². The minimum Gasteiger partial charge on any atom is -0.487 e. The summed E-state index contributed by atoms with van der Waals surface area (Å²) >= 11 is 6.11. The van der Waals surface area contributed by atoms with Crippen molar-refractivity contribution in [2.24, 2.45) is 0 Å². The molecule has 2 heterocycles. The third-order valence-electron chi connectivity index (χ3n) is 4.61. The van der Waals surface area contributed by atoms with Crippen LogP contribution in [0.1, 0.15) is 17.3 Å². The van der Waals surface area contributed by atoms with E-state index in [1.807, 2.05) is 0 Å². The highest BCUT2D eigenvalue weighted by atomic mass is 35.5. The number of rotatable bonds is 2. The molecule has 1 aliphatic heterocycles. The van der Waals surface area contributed by atoms with E-state index >= 15 is 0 Å². The van der Waals surface area contributed by atoms with E-state index < -0.39 is 51.7 Å². The highest BCUT2D eigenvalue weighted by Crippen LogP contribution is 2.34. The summed E-state index contributed by atoms with van der Waals surface area (Å²) < 4.78 is 74.9. The van der Waals surface area contributed by atoms with Gasteiger partial charge >= 0.3 is 0 Å². The molecule has 0 saturated carbocycles. The lowest BCUT2D eigenvalue weighted by Gasteiger charge is -2.26. The Balaban J connectivity index is 1.88. The fourth-order valence-corrected chi connectivity index (χ4v) is 3.53. The topological polar surface area (TPSA) is 60.3 Å². The first kappa shape index (κ1) is 20.1. The molecule has 1 atom stereocenters. The smallest absolute Gasteiger partial charge is 0.261 e. The summed E-state index contributed by atoms with van der Waals surface area (Å²) in [5.74, 6) is -12.3. The quantitative estimate of drug-likeness (QED) is 0.362. The predicted molar refractivity (Wildman–Crippen MR) is 97.5 cm³/mol. The van der Waals surface area contributed by atoms with Crippen LogP contribution in [-0.2, 0) is 6.54 Å². The molecule has 1 unspecified atom stereocenters. The van der Waals surface area contributed by atoms with Gasteiger partial charge in [-0.15, -0.1) is 0 Å². The SMILES string of the molecule is CC1Cn2cc(C(=O)Nc3c(F)c(F)c(F)c(F)c3F)c(=O)c3c(Cl)ccc(c32)O1. The lowest BCUT2D eigenvalue weighted by molar-refractivity contribution is 0.102. The maximum absolute atomic E-state index is 13.9. The van der Waals surface area contributed by atoms with Gasteiger partial charge in [-0.2, -0.15) is 0 Å². The van der Waals surface area contributed by atoms with E-state index in [4.69, 9.17) is 16.3 Å². The summed E-state index contributed by atoms with van der Waals surface area (Å²) in [6.45, 7) is 1.95. The zero-order chi connectivity index (χ0) is 21.9. The highest BCUT2D eigenvalue weighted by Gasteiger charge is 2.29. The molecule has 0 bridgehead atoms. The fraction of sp³-hybridized carbons (Fsp3) is 0.158. The van der Waals surface area contributed by atoms with Gasteiger partial charge in [0, 0.05) is 6.20 Å². The second kappa shape index (κ2) is 6.98. The maximum Gasteiger partial charge on any atom is 0.261 e. The summed E-state index contributed by atoms with van der Waals surface area (Å²) in [6.07, 6.45) is 0.778. The fourth-order valence-electron chi connectivity index (χ4n) is 3.29. The number of carbonyl (C=O) groups excluding carboxylic acids is 1. The third-order valence-corrected chi connectivity index (χ3v) is 4.92. The number of hydrogen-bond acceptors (Lipinski definition) is 3. The molecule has 0 radical (unpaired) electrons. The molecule has 30 heavy (non-hydrogen) atoms. The summed E-state index contributed by atoms with van der Waals surface area (Å²) in [5, 5.41) is 1.52. The average Bonchev–Trinajstić information content (AvgIpc) is 2.71. The van der Waals surface area contributed by atoms with Crippen molar-refractivity contribution in [2.45, 2.75) is 19.6 Å². The van der Waals surface area contributed by atoms with E-state index in [2.05, 4.69) is 0 Å². The molecule has 0 spiro atoms. The summed E-state index contributed by atoms with van der Waals surface area (Å²) in [4.78, 5) is 25.4. The van der Waals surface area contributed by atoms with Gasteiger partial charge in [0.2, 0.25) is 11.2 Å². The molecule has 156 valence electrons. The van der Waals surface area contributed by atoms with E-state index in [0.717, 1.165) is 6.20 Å². The Bertz CT molecular complexity index is 1280. The van der Waals surface area contributed by atoms with E-state index in [-0.39, 0.29) is 23.1 Å². The van der Waals surface area contributed by atoms with Gasteiger partial charge < -0.3 is 14.6 Å². The molecular weight excluding hydrogens is 435 g/mol. The first-order valence-corrected chi connectivity index (χ1v) is 8.84. The molecule has 1 amide bonds. The van der Waals surface area contributed by atoms with Crippen LogP contribution in [0.4, 0.5) is 27.6 Å². The Morgan fingerprint density at radius 2 is 1.70 bits per heavy atom. The average molecular weight is 445 g/mol. The van der Waals surface area contributed by atoms with Crippen molar-refractivity contribution in [2.75, 3.05) is 5.32 Å². The van der Waals surface area contributed by atoms with E-state index in [1.165, 1.54) is 10.6 Å². The number of hydrogen-bond donors (Lipinski definition) is 1. The van der Waals surface area contributed by atoms with Crippen LogP contribution >= 0.6 is 11.6 Å². The number of carbonyl (C=O) groups is 1. The molecule has 0 saturated heterocycles. The number of ether oxygens (including phenoxy) is 1. The summed E-state index contributed by atoms with van der Waals surface area (Å²) in [7, 11) is 0. The molecule has 1 aliphatic rings. The molecule has 0 fully saturated rings. The Morgan fingerprint density at radius 3 is 2.33 bits per heavy atom. The Labute approximate surface area is 169 Å². The van der Waals surface area contributed by atoms with Crippen LogP contribution in [-0.4, -0.2) is 16.6 Å². The first-order chi connectivity index (χ1) is 14.1. The maximum atomic E-state index is 13.9. The van der Waals surface area contributed by atoms with Gasteiger partial charge in [-0.1, -0.05) is 11.6 Å². The number of pyridine rings is 1. The van der Waals surface area contributed by atoms with Crippen molar-refractivity contribution in [3.63, 3.8) is 0 Å². The molecule has 2 aromatic carbocycles. The normalized spacial score (nSPS) is 15.2. The monoisotopic (exact) mass is 444 g/mol. The van der Waals surface area contributed by atoms with Crippen LogP contribution in [0.5, 0.6) is 5.75 Å². The van der Waals surface area contributed by atoms with Gasteiger partial charge in [0.15, 0.2) is 23.3 Å². The van der Waals surface area contributed by atoms with E-state index in [1.54, 1.807) is 18.3 Å². The van der Waals surface area contributed by atoms with Crippen molar-refractivity contribution < 1.29 is 31.5 Å². The van der Waals surface area contributed by atoms with Crippen LogP contribution < -0.4 is 15.5 Å². The lowest BCUT2D eigenvalue weighted by atomic mass is 10.1. The van der Waals surface area contributed by atoms with Gasteiger partial charge in [-0.05, 0) is 19.1 Å². The number of nitrogens with one attached hydrogen (secondary N) is 1. The Morgan fingerprint density at radius 1 is 1.10 bits per heavy atom. The van der Waals surface area contributed by atoms with Crippen molar-refractivity contribution in [3.05, 3.63) is 68.2 Å².